The number of aromatic nitrogens is 1. The molecular formula is C28H27FN2O4S. The summed E-state index contributed by atoms with van der Waals surface area (Å²) in [5, 5.41) is 3.24. The van der Waals surface area contributed by atoms with Crippen LogP contribution >= 0.6 is 0 Å². The largest absolute Gasteiger partial charge is 0.616 e. The lowest BCUT2D eigenvalue weighted by Gasteiger charge is -2.19. The fourth-order valence-electron chi connectivity index (χ4n) is 4.74. The molecule has 0 bridgehead atoms. The maximum atomic E-state index is 14.8. The molecule has 2 heterocycles. The van der Waals surface area contributed by atoms with Gasteiger partial charge in [0.2, 0.25) is 0 Å². The van der Waals surface area contributed by atoms with Crippen LogP contribution in [-0.4, -0.2) is 15.4 Å². The molecule has 5 rings (SSSR count). The van der Waals surface area contributed by atoms with E-state index >= 15 is 0 Å². The molecule has 1 fully saturated rings. The first-order valence-corrected chi connectivity index (χ1v) is 13.5. The molecule has 0 radical (unpaired) electrons. The summed E-state index contributed by atoms with van der Waals surface area (Å²) in [4.78, 5) is 26.9. The number of rotatable bonds is 6. The Balaban J connectivity index is 1.84. The van der Waals surface area contributed by atoms with Crippen LogP contribution in [0.1, 0.15) is 41.3 Å². The first-order valence-electron chi connectivity index (χ1n) is 11.8. The molecule has 186 valence electrons. The predicted molar refractivity (Wildman–Crippen MR) is 142 cm³/mol. The number of aryl methyl sites for hydroxylation is 1. The summed E-state index contributed by atoms with van der Waals surface area (Å²) in [6, 6.07) is 12.4. The molecule has 1 N–H and O–H groups in total. The van der Waals surface area contributed by atoms with Gasteiger partial charge in [-0.3, -0.25) is 4.79 Å². The minimum absolute atomic E-state index is 0.0585. The molecule has 0 saturated heterocycles. The van der Waals surface area contributed by atoms with E-state index < -0.39 is 22.6 Å². The monoisotopic (exact) mass is 506 g/mol. The lowest BCUT2D eigenvalue weighted by Crippen LogP contribution is -2.25. The van der Waals surface area contributed by atoms with Crippen LogP contribution in [0, 0.1) is 26.6 Å². The number of benzene rings is 2. The summed E-state index contributed by atoms with van der Waals surface area (Å²) in [6.07, 6.45) is 3.40. The number of halogens is 1. The zero-order valence-electron chi connectivity index (χ0n) is 20.6. The van der Waals surface area contributed by atoms with Gasteiger partial charge in [-0.05, 0) is 62.9 Å². The fraction of sp³-hybridized carbons (Fsp3) is 0.286. The van der Waals surface area contributed by atoms with Gasteiger partial charge < -0.3 is 18.9 Å². The molecule has 0 spiro atoms. The normalized spacial score (nSPS) is 14.3. The number of nitrogens with zero attached hydrogens (tertiary/aromatic N) is 1. The highest BCUT2D eigenvalue weighted by molar-refractivity contribution is 7.89. The Morgan fingerprint density at radius 2 is 1.89 bits per heavy atom. The van der Waals surface area contributed by atoms with Gasteiger partial charge in [-0.25, -0.2) is 9.18 Å². The van der Waals surface area contributed by atoms with Gasteiger partial charge in [-0.15, -0.1) is 0 Å². The van der Waals surface area contributed by atoms with E-state index in [1.165, 1.54) is 6.07 Å². The van der Waals surface area contributed by atoms with Crippen LogP contribution in [-0.2, 0) is 16.9 Å². The second kappa shape index (κ2) is 9.26. The third-order valence-corrected chi connectivity index (χ3v) is 7.36. The quantitative estimate of drug-likeness (QED) is 0.342. The lowest BCUT2D eigenvalue weighted by atomic mass is 9.98. The standard InChI is InChI=1S/C28H27FN2O4S/c1-15-8-11-22(21(29)12-15)30-25-16(2)28(33)35-26-23(19-7-5-6-18(13-19)14-36(4)34)17(3)31(20-9-10-20)27(32)24(25)26/h5-8,11-13,20,30H,9-10,14H2,1-4H3. The molecule has 1 aliphatic carbocycles. The van der Waals surface area contributed by atoms with E-state index in [0.717, 1.165) is 29.5 Å². The molecule has 8 heteroatoms. The molecule has 0 amide bonds. The van der Waals surface area contributed by atoms with Gasteiger partial charge >= 0.3 is 5.63 Å². The van der Waals surface area contributed by atoms with E-state index in [9.17, 15) is 18.5 Å². The number of anilines is 2. The summed E-state index contributed by atoms with van der Waals surface area (Å²) in [7, 11) is 0. The summed E-state index contributed by atoms with van der Waals surface area (Å²) in [5.41, 5.74) is 3.62. The Kier molecular flexibility index (Phi) is 6.26. The van der Waals surface area contributed by atoms with Crippen molar-refractivity contribution in [3.05, 3.63) is 91.4 Å². The minimum atomic E-state index is -1.03. The van der Waals surface area contributed by atoms with Crippen molar-refractivity contribution in [2.75, 3.05) is 11.6 Å². The van der Waals surface area contributed by atoms with Crippen molar-refractivity contribution >= 4 is 33.5 Å². The lowest BCUT2D eigenvalue weighted by molar-refractivity contribution is 0.553. The second-order valence-corrected chi connectivity index (χ2v) is 10.9. The summed E-state index contributed by atoms with van der Waals surface area (Å²) in [6.45, 7) is 5.21. The van der Waals surface area contributed by atoms with Crippen molar-refractivity contribution in [3.63, 3.8) is 0 Å². The van der Waals surface area contributed by atoms with E-state index in [1.54, 1.807) is 36.8 Å². The van der Waals surface area contributed by atoms with Crippen molar-refractivity contribution in [3.8, 4) is 11.1 Å². The van der Waals surface area contributed by atoms with Crippen molar-refractivity contribution in [2.45, 2.75) is 45.4 Å². The summed E-state index contributed by atoms with van der Waals surface area (Å²) >= 11 is -1.03. The van der Waals surface area contributed by atoms with Crippen LogP contribution < -0.4 is 16.5 Å². The molecule has 0 aliphatic heterocycles. The van der Waals surface area contributed by atoms with Crippen LogP contribution in [0.3, 0.4) is 0 Å². The fourth-order valence-corrected chi connectivity index (χ4v) is 5.39. The van der Waals surface area contributed by atoms with Gasteiger partial charge in [0.1, 0.15) is 17.0 Å². The maximum absolute atomic E-state index is 14.8. The van der Waals surface area contributed by atoms with Gasteiger partial charge in [0, 0.05) is 22.9 Å². The molecule has 2 aromatic heterocycles. The van der Waals surface area contributed by atoms with Gasteiger partial charge in [0.05, 0.1) is 23.2 Å². The average molecular weight is 507 g/mol. The number of pyridine rings is 1. The number of fused-ring (bicyclic) bond motifs is 1. The third kappa shape index (κ3) is 4.35. The van der Waals surface area contributed by atoms with E-state index in [0.29, 0.717) is 17.0 Å². The van der Waals surface area contributed by atoms with Crippen molar-refractivity contribution in [1.29, 1.82) is 0 Å². The highest BCUT2D eigenvalue weighted by atomic mass is 32.2. The molecule has 1 aliphatic rings. The molecule has 1 unspecified atom stereocenters. The molecule has 1 saturated carbocycles. The summed E-state index contributed by atoms with van der Waals surface area (Å²) in [5.74, 6) is -0.0961. The van der Waals surface area contributed by atoms with Crippen LogP contribution in [0.15, 0.2) is 56.5 Å². The zero-order chi connectivity index (χ0) is 25.7. The molecule has 1 atom stereocenters. The first kappa shape index (κ1) is 24.3. The van der Waals surface area contributed by atoms with E-state index in [1.807, 2.05) is 31.2 Å². The Hall–Kier alpha value is -3.36. The zero-order valence-corrected chi connectivity index (χ0v) is 21.4. The number of hydrogen-bond donors (Lipinski definition) is 1. The van der Waals surface area contributed by atoms with Crippen LogP contribution in [0.5, 0.6) is 0 Å². The van der Waals surface area contributed by atoms with Gasteiger partial charge in [0.25, 0.3) is 5.56 Å². The van der Waals surface area contributed by atoms with E-state index in [2.05, 4.69) is 5.32 Å². The molecule has 2 aromatic carbocycles. The van der Waals surface area contributed by atoms with E-state index in [-0.39, 0.29) is 39.5 Å². The average Bonchev–Trinajstić information content (AvgIpc) is 3.63. The predicted octanol–water partition coefficient (Wildman–Crippen LogP) is 5.64. The van der Waals surface area contributed by atoms with Gasteiger partial charge in [-0.2, -0.15) is 0 Å². The Morgan fingerprint density at radius 1 is 1.14 bits per heavy atom. The highest BCUT2D eigenvalue weighted by Crippen LogP contribution is 2.41. The Morgan fingerprint density at radius 3 is 2.56 bits per heavy atom. The minimum Gasteiger partial charge on any atom is -0.616 e. The Labute approximate surface area is 211 Å². The van der Waals surface area contributed by atoms with Gasteiger partial charge in [0.15, 0.2) is 5.58 Å². The molecular weight excluding hydrogens is 479 g/mol. The molecule has 4 aromatic rings. The number of hydrogen-bond acceptors (Lipinski definition) is 5. The third-order valence-electron chi connectivity index (χ3n) is 6.62. The van der Waals surface area contributed by atoms with Crippen molar-refractivity contribution < 1.29 is 13.4 Å². The SMILES string of the molecule is Cc1ccc(Nc2c(C)c(=O)oc3c(-c4cccc(C[S+](C)[O-])c4)c(C)n(C4CC4)c(=O)c23)c(F)c1. The first-order chi connectivity index (χ1) is 17.2. The maximum Gasteiger partial charge on any atom is 0.341 e. The second-order valence-electron chi connectivity index (χ2n) is 9.49. The molecule has 36 heavy (non-hydrogen) atoms. The molecule has 6 nitrogen and oxygen atoms in total. The summed E-state index contributed by atoms with van der Waals surface area (Å²) < 4.78 is 34.2. The van der Waals surface area contributed by atoms with Crippen molar-refractivity contribution in [2.24, 2.45) is 0 Å². The van der Waals surface area contributed by atoms with Gasteiger partial charge in [-0.1, -0.05) is 35.4 Å². The smallest absolute Gasteiger partial charge is 0.341 e. The Bertz CT molecular complexity index is 1620. The highest BCUT2D eigenvalue weighted by Gasteiger charge is 2.31. The van der Waals surface area contributed by atoms with E-state index in [4.69, 9.17) is 4.42 Å². The van der Waals surface area contributed by atoms with Crippen LogP contribution in [0.4, 0.5) is 15.8 Å². The van der Waals surface area contributed by atoms with Crippen LogP contribution in [0.25, 0.3) is 22.1 Å². The topological polar surface area (TPSA) is 87.3 Å². The number of nitrogens with one attached hydrogen (secondary N) is 1. The van der Waals surface area contributed by atoms with Crippen molar-refractivity contribution in [1.82, 2.24) is 4.57 Å². The van der Waals surface area contributed by atoms with Crippen LogP contribution in [0.2, 0.25) is 0 Å².